The molecule has 0 aromatic heterocycles. The molecule has 0 saturated carbocycles. The van der Waals surface area contributed by atoms with E-state index >= 15 is 0 Å². The Morgan fingerprint density at radius 2 is 1.97 bits per heavy atom. The van der Waals surface area contributed by atoms with Crippen molar-refractivity contribution in [1.82, 2.24) is 5.32 Å². The first-order chi connectivity index (χ1) is 15.2. The van der Waals surface area contributed by atoms with Crippen LogP contribution in [-0.2, 0) is 14.4 Å². The lowest BCUT2D eigenvalue weighted by atomic mass is 10.1. The van der Waals surface area contributed by atoms with E-state index in [9.17, 15) is 19.5 Å². The molecule has 1 heterocycles. The number of aliphatic hydroxyl groups excluding tert-OH is 1. The summed E-state index contributed by atoms with van der Waals surface area (Å²) < 4.78 is 6.51. The zero-order chi connectivity index (χ0) is 23.3. The van der Waals surface area contributed by atoms with Gasteiger partial charge in [0.05, 0.1) is 12.0 Å². The summed E-state index contributed by atoms with van der Waals surface area (Å²) in [4.78, 5) is 38.2. The van der Waals surface area contributed by atoms with Crippen LogP contribution in [0.4, 0.5) is 11.4 Å². The molecule has 2 aromatic rings. The lowest BCUT2D eigenvalue weighted by Crippen LogP contribution is -2.36. The third kappa shape index (κ3) is 6.30. The van der Waals surface area contributed by atoms with Crippen molar-refractivity contribution in [1.29, 1.82) is 0 Å². The molecule has 0 radical (unpaired) electrons. The monoisotopic (exact) mass is 503 g/mol. The van der Waals surface area contributed by atoms with Gasteiger partial charge in [-0.15, -0.1) is 0 Å². The average molecular weight is 504 g/mol. The number of aryl methyl sites for hydroxylation is 1. The quantitative estimate of drug-likeness (QED) is 0.513. The topological polar surface area (TPSA) is 108 Å². The lowest BCUT2D eigenvalue weighted by molar-refractivity contribution is -0.126. The molecular formula is C23H26BrN3O5. The van der Waals surface area contributed by atoms with Crippen molar-refractivity contribution >= 4 is 45.0 Å². The molecule has 1 fully saturated rings. The fourth-order valence-electron chi connectivity index (χ4n) is 3.32. The fraction of sp³-hybridized carbons (Fsp3) is 0.348. The van der Waals surface area contributed by atoms with E-state index in [1.807, 2.05) is 19.1 Å². The maximum Gasteiger partial charge on any atom is 0.262 e. The second-order valence-electron chi connectivity index (χ2n) is 7.79. The van der Waals surface area contributed by atoms with E-state index in [1.54, 1.807) is 42.2 Å². The van der Waals surface area contributed by atoms with Gasteiger partial charge in [-0.2, -0.15) is 0 Å². The molecule has 2 atom stereocenters. The summed E-state index contributed by atoms with van der Waals surface area (Å²) in [5.74, 6) is -0.623. The maximum atomic E-state index is 12.4. The number of hydrogen-bond acceptors (Lipinski definition) is 5. The van der Waals surface area contributed by atoms with E-state index in [4.69, 9.17) is 4.74 Å². The molecule has 3 amide bonds. The van der Waals surface area contributed by atoms with Crippen molar-refractivity contribution in [2.45, 2.75) is 26.4 Å². The van der Waals surface area contributed by atoms with Crippen LogP contribution in [0.3, 0.4) is 0 Å². The molecule has 32 heavy (non-hydrogen) atoms. The number of amides is 3. The van der Waals surface area contributed by atoms with Crippen molar-refractivity contribution in [3.05, 3.63) is 52.5 Å². The number of ether oxygens (including phenoxy) is 1. The number of halogens is 1. The molecule has 1 aliphatic heterocycles. The molecule has 8 nitrogen and oxygen atoms in total. The van der Waals surface area contributed by atoms with Crippen LogP contribution >= 0.6 is 15.9 Å². The SMILES string of the molecule is Cc1cc(NC(=O)COc2ccc(N3C[C@H](C(=O)NC[C@@H](C)O)CC3=O)cc2)ccc1Br. The summed E-state index contributed by atoms with van der Waals surface area (Å²) in [6, 6.07) is 12.3. The smallest absolute Gasteiger partial charge is 0.262 e. The van der Waals surface area contributed by atoms with Crippen LogP contribution in [0, 0.1) is 12.8 Å². The summed E-state index contributed by atoms with van der Waals surface area (Å²) in [6.45, 7) is 3.81. The maximum absolute atomic E-state index is 12.4. The van der Waals surface area contributed by atoms with Crippen molar-refractivity contribution in [3.8, 4) is 5.75 Å². The highest BCUT2D eigenvalue weighted by molar-refractivity contribution is 9.10. The first kappa shape index (κ1) is 23.7. The van der Waals surface area contributed by atoms with Crippen molar-refractivity contribution in [2.24, 2.45) is 5.92 Å². The molecule has 3 rings (SSSR count). The number of aliphatic hydroxyl groups is 1. The van der Waals surface area contributed by atoms with Gasteiger partial charge in [0.15, 0.2) is 6.61 Å². The molecule has 0 aliphatic carbocycles. The molecule has 170 valence electrons. The van der Waals surface area contributed by atoms with Crippen molar-refractivity contribution in [2.75, 3.05) is 29.9 Å². The third-order valence-corrected chi connectivity index (χ3v) is 5.92. The standard InChI is InChI=1S/C23H26BrN3O5/c1-14-9-17(3-8-20(14)24)26-21(29)13-32-19-6-4-18(5-7-19)27-12-16(10-22(27)30)23(31)25-11-15(2)28/h3-9,15-16,28H,10-13H2,1-2H3,(H,25,31)(H,26,29)/t15-,16-/m1/s1. The number of hydrogen-bond donors (Lipinski definition) is 3. The van der Waals surface area contributed by atoms with Crippen LogP contribution < -0.4 is 20.3 Å². The molecule has 0 spiro atoms. The second-order valence-corrected chi connectivity index (χ2v) is 8.65. The number of carbonyl (C=O) groups excluding carboxylic acids is 3. The molecular weight excluding hydrogens is 478 g/mol. The number of benzene rings is 2. The number of anilines is 2. The van der Waals surface area contributed by atoms with Gasteiger partial charge in [-0.3, -0.25) is 14.4 Å². The molecule has 9 heteroatoms. The minimum absolute atomic E-state index is 0.125. The summed E-state index contributed by atoms with van der Waals surface area (Å²) in [6.07, 6.45) is -0.514. The van der Waals surface area contributed by atoms with Gasteiger partial charge < -0.3 is 25.4 Å². The van der Waals surface area contributed by atoms with E-state index in [-0.39, 0.29) is 43.8 Å². The zero-order valence-electron chi connectivity index (χ0n) is 17.9. The van der Waals surface area contributed by atoms with Crippen LogP contribution in [0.25, 0.3) is 0 Å². The van der Waals surface area contributed by atoms with E-state index in [0.717, 1.165) is 10.0 Å². The van der Waals surface area contributed by atoms with Gasteiger partial charge in [-0.25, -0.2) is 0 Å². The second kappa shape index (κ2) is 10.6. The summed E-state index contributed by atoms with van der Waals surface area (Å²) >= 11 is 3.42. The lowest BCUT2D eigenvalue weighted by Gasteiger charge is -2.17. The van der Waals surface area contributed by atoms with Crippen molar-refractivity contribution < 1.29 is 24.2 Å². The minimum Gasteiger partial charge on any atom is -0.484 e. The first-order valence-electron chi connectivity index (χ1n) is 10.3. The van der Waals surface area contributed by atoms with Gasteiger partial charge in [-0.1, -0.05) is 15.9 Å². The Labute approximate surface area is 195 Å². The van der Waals surface area contributed by atoms with Crippen molar-refractivity contribution in [3.63, 3.8) is 0 Å². The van der Waals surface area contributed by atoms with Gasteiger partial charge >= 0.3 is 0 Å². The predicted molar refractivity (Wildman–Crippen MR) is 125 cm³/mol. The Kier molecular flexibility index (Phi) is 7.87. The zero-order valence-corrected chi connectivity index (χ0v) is 19.5. The summed E-state index contributed by atoms with van der Waals surface area (Å²) in [5.41, 5.74) is 2.36. The third-order valence-electron chi connectivity index (χ3n) is 5.03. The van der Waals surface area contributed by atoms with Crippen LogP contribution in [0.2, 0.25) is 0 Å². The highest BCUT2D eigenvalue weighted by atomic mass is 79.9. The Balaban J connectivity index is 1.51. The van der Waals surface area contributed by atoms with Crippen LogP contribution in [0.15, 0.2) is 46.9 Å². The number of rotatable bonds is 8. The minimum atomic E-state index is -0.638. The molecule has 1 saturated heterocycles. The molecule has 0 unspecified atom stereocenters. The van der Waals surface area contributed by atoms with Gasteiger partial charge in [0.2, 0.25) is 11.8 Å². The van der Waals surface area contributed by atoms with Gasteiger partial charge in [-0.05, 0) is 61.9 Å². The number of nitrogens with zero attached hydrogens (tertiary/aromatic N) is 1. The van der Waals surface area contributed by atoms with Gasteiger partial charge in [0.1, 0.15) is 5.75 Å². The highest BCUT2D eigenvalue weighted by Crippen LogP contribution is 2.27. The summed E-state index contributed by atoms with van der Waals surface area (Å²) in [5, 5.41) is 14.7. The molecule has 1 aliphatic rings. The normalized spacial score (nSPS) is 16.6. The highest BCUT2D eigenvalue weighted by Gasteiger charge is 2.35. The fourth-order valence-corrected chi connectivity index (χ4v) is 3.56. The van der Waals surface area contributed by atoms with E-state index in [0.29, 0.717) is 17.1 Å². The van der Waals surface area contributed by atoms with E-state index in [2.05, 4.69) is 26.6 Å². The Bertz CT molecular complexity index is 994. The summed E-state index contributed by atoms with van der Waals surface area (Å²) in [7, 11) is 0. The van der Waals surface area contributed by atoms with Crippen LogP contribution in [0.5, 0.6) is 5.75 Å². The van der Waals surface area contributed by atoms with E-state index in [1.165, 1.54) is 0 Å². The predicted octanol–water partition coefficient (Wildman–Crippen LogP) is 2.62. The first-order valence-corrected chi connectivity index (χ1v) is 11.1. The Morgan fingerprint density at radius 3 is 2.62 bits per heavy atom. The molecule has 2 aromatic carbocycles. The largest absolute Gasteiger partial charge is 0.484 e. The van der Waals surface area contributed by atoms with Gasteiger partial charge in [0, 0.05) is 35.4 Å². The average Bonchev–Trinajstić information content (AvgIpc) is 3.15. The molecule has 0 bridgehead atoms. The Morgan fingerprint density at radius 1 is 1.25 bits per heavy atom. The van der Waals surface area contributed by atoms with Gasteiger partial charge in [0.25, 0.3) is 5.91 Å². The Hall–Kier alpha value is -2.91. The number of carbonyl (C=O) groups is 3. The number of nitrogens with one attached hydrogen (secondary N) is 2. The molecule has 3 N–H and O–H groups in total. The van der Waals surface area contributed by atoms with E-state index < -0.39 is 12.0 Å². The van der Waals surface area contributed by atoms with Crippen LogP contribution in [0.1, 0.15) is 18.9 Å². The van der Waals surface area contributed by atoms with Crippen LogP contribution in [-0.4, -0.2) is 48.6 Å².